The predicted octanol–water partition coefficient (Wildman–Crippen LogP) is 2.72. The maximum atomic E-state index is 13.7. The fourth-order valence-electron chi connectivity index (χ4n) is 4.20. The summed E-state index contributed by atoms with van der Waals surface area (Å²) >= 11 is 7.55. The van der Waals surface area contributed by atoms with Gasteiger partial charge in [-0.3, -0.25) is 9.36 Å². The molecule has 0 unspecified atom stereocenters. The van der Waals surface area contributed by atoms with Crippen LogP contribution in [0.15, 0.2) is 57.0 Å². The van der Waals surface area contributed by atoms with Crippen LogP contribution in [-0.4, -0.2) is 31.4 Å². The molecule has 2 aromatic heterocycles. The van der Waals surface area contributed by atoms with Crippen molar-refractivity contribution in [2.45, 2.75) is 39.8 Å². The van der Waals surface area contributed by atoms with Gasteiger partial charge in [0.25, 0.3) is 0 Å². The Labute approximate surface area is 220 Å². The van der Waals surface area contributed by atoms with Gasteiger partial charge in [0.1, 0.15) is 0 Å². The second-order valence-electron chi connectivity index (χ2n) is 9.03. The molecule has 1 saturated carbocycles. The summed E-state index contributed by atoms with van der Waals surface area (Å²) in [5, 5.41) is 1.47. The number of carbonyl (C=O) groups excluding carboxylic acids is 1. The Kier molecular flexibility index (Phi) is 6.50. The molecule has 2 heterocycles. The molecule has 12 heteroatoms. The fourth-order valence-corrected chi connectivity index (χ4v) is 5.18. The van der Waals surface area contributed by atoms with Crippen LogP contribution in [0.1, 0.15) is 30.3 Å². The van der Waals surface area contributed by atoms with Gasteiger partial charge in [0, 0.05) is 11.6 Å². The number of fused-ring (bicyclic) bond motifs is 1. The van der Waals surface area contributed by atoms with Crippen molar-refractivity contribution >= 4 is 44.8 Å². The Morgan fingerprint density at radius 2 is 1.89 bits per heavy atom. The van der Waals surface area contributed by atoms with Gasteiger partial charge in [-0.1, -0.05) is 23.7 Å². The number of halogens is 1. The Morgan fingerprint density at radius 1 is 1.16 bits per heavy atom. The van der Waals surface area contributed by atoms with E-state index >= 15 is 0 Å². The number of rotatable bonds is 7. The topological polar surface area (TPSA) is 126 Å². The third kappa shape index (κ3) is 4.84. The maximum Gasteiger partial charge on any atom is 0.353 e. The van der Waals surface area contributed by atoms with E-state index in [4.69, 9.17) is 22.2 Å². The number of nitrogen functional groups attached to an aromatic ring is 1. The van der Waals surface area contributed by atoms with E-state index < -0.39 is 22.8 Å². The molecule has 0 saturated heterocycles. The average Bonchev–Trinajstić information content (AvgIpc) is 3.57. The molecular weight excluding hydrogens is 516 g/mol. The van der Waals surface area contributed by atoms with Gasteiger partial charge in [-0.15, -0.1) is 11.3 Å². The summed E-state index contributed by atoms with van der Waals surface area (Å²) in [6.07, 6.45) is 1.06. The zero-order chi connectivity index (χ0) is 26.3. The SMILES string of the molecule is CCOC(=O)C1(Cn2c(=O)n(N)c(=Nc3ccc4nc(C)sc4c3)n(Cc3ccc(Cl)cc3)c2=O)CC1. The van der Waals surface area contributed by atoms with E-state index in [2.05, 4.69) is 9.98 Å². The summed E-state index contributed by atoms with van der Waals surface area (Å²) in [6.45, 7) is 3.82. The minimum atomic E-state index is -0.905. The van der Waals surface area contributed by atoms with Gasteiger partial charge in [-0.05, 0) is 62.6 Å². The van der Waals surface area contributed by atoms with E-state index in [0.29, 0.717) is 23.6 Å². The number of esters is 1. The zero-order valence-corrected chi connectivity index (χ0v) is 21.9. The molecule has 1 aliphatic rings. The lowest BCUT2D eigenvalue weighted by Gasteiger charge is -2.18. The zero-order valence-electron chi connectivity index (χ0n) is 20.3. The molecule has 0 spiro atoms. The molecule has 192 valence electrons. The molecule has 10 nitrogen and oxygen atoms in total. The van der Waals surface area contributed by atoms with Gasteiger partial charge in [-0.25, -0.2) is 24.1 Å². The van der Waals surface area contributed by atoms with Crippen LogP contribution < -0.4 is 22.8 Å². The average molecular weight is 541 g/mol. The molecule has 0 amide bonds. The Morgan fingerprint density at radius 3 is 2.57 bits per heavy atom. The normalized spacial score (nSPS) is 14.7. The highest BCUT2D eigenvalue weighted by atomic mass is 35.5. The van der Waals surface area contributed by atoms with Crippen LogP contribution in [0, 0.1) is 12.3 Å². The van der Waals surface area contributed by atoms with E-state index in [1.165, 1.54) is 15.9 Å². The maximum absolute atomic E-state index is 13.7. The summed E-state index contributed by atoms with van der Waals surface area (Å²) in [4.78, 5) is 48.6. The first-order valence-electron chi connectivity index (χ1n) is 11.8. The summed E-state index contributed by atoms with van der Waals surface area (Å²) < 4.78 is 9.29. The lowest BCUT2D eigenvalue weighted by atomic mass is 10.1. The number of nitrogens with zero attached hydrogens (tertiary/aromatic N) is 5. The van der Waals surface area contributed by atoms with Crippen molar-refractivity contribution in [2.75, 3.05) is 12.4 Å². The van der Waals surface area contributed by atoms with E-state index in [9.17, 15) is 14.4 Å². The van der Waals surface area contributed by atoms with E-state index in [1.807, 2.05) is 19.1 Å². The van der Waals surface area contributed by atoms with E-state index in [0.717, 1.165) is 30.0 Å². The minimum absolute atomic E-state index is 0.0252. The van der Waals surface area contributed by atoms with Crippen molar-refractivity contribution in [3.05, 3.63) is 84.6 Å². The Hall–Kier alpha value is -3.70. The molecule has 2 aromatic carbocycles. The lowest BCUT2D eigenvalue weighted by molar-refractivity contribution is -0.150. The van der Waals surface area contributed by atoms with Crippen LogP contribution in [0.25, 0.3) is 10.2 Å². The number of aryl methyl sites for hydroxylation is 1. The molecule has 1 aliphatic carbocycles. The quantitative estimate of drug-likeness (QED) is 0.284. The third-order valence-corrected chi connectivity index (χ3v) is 7.53. The summed E-state index contributed by atoms with van der Waals surface area (Å²) in [5.74, 6) is 5.83. The molecule has 4 aromatic rings. The standard InChI is InChI=1S/C25H25ClN6O4S/c1-3-36-21(33)25(10-11-25)14-31-23(34)30(13-16-4-6-17(26)7-5-16)22(32(27)24(31)35)29-18-8-9-19-20(12-18)37-15(2)28-19/h4-9,12H,3,10-11,13-14,27H2,1-2H3. The van der Waals surface area contributed by atoms with Crippen molar-refractivity contribution in [3.63, 3.8) is 0 Å². The molecule has 37 heavy (non-hydrogen) atoms. The number of carbonyl (C=O) groups is 1. The first-order chi connectivity index (χ1) is 17.7. The van der Waals surface area contributed by atoms with Gasteiger partial charge in [0.15, 0.2) is 0 Å². The first kappa shape index (κ1) is 25.0. The number of benzene rings is 2. The first-order valence-corrected chi connectivity index (χ1v) is 13.0. The molecule has 0 aliphatic heterocycles. The number of aromatic nitrogens is 4. The third-order valence-electron chi connectivity index (χ3n) is 6.34. The largest absolute Gasteiger partial charge is 0.466 e. The summed E-state index contributed by atoms with van der Waals surface area (Å²) in [6, 6.07) is 12.4. The fraction of sp³-hybridized carbons (Fsp3) is 0.320. The molecular formula is C25H25ClN6O4S. The van der Waals surface area contributed by atoms with Crippen molar-refractivity contribution in [1.82, 2.24) is 18.8 Å². The van der Waals surface area contributed by atoms with Crippen molar-refractivity contribution < 1.29 is 9.53 Å². The second-order valence-corrected chi connectivity index (χ2v) is 10.7. The minimum Gasteiger partial charge on any atom is -0.466 e. The second kappa shape index (κ2) is 9.64. The van der Waals surface area contributed by atoms with Gasteiger partial charge in [0.2, 0.25) is 5.62 Å². The van der Waals surface area contributed by atoms with E-state index in [-0.39, 0.29) is 25.3 Å². The van der Waals surface area contributed by atoms with Crippen molar-refractivity contribution in [3.8, 4) is 0 Å². The smallest absolute Gasteiger partial charge is 0.353 e. The van der Waals surface area contributed by atoms with Gasteiger partial charge < -0.3 is 10.6 Å². The van der Waals surface area contributed by atoms with Crippen molar-refractivity contribution in [2.24, 2.45) is 10.4 Å². The summed E-state index contributed by atoms with van der Waals surface area (Å²) in [7, 11) is 0. The molecule has 0 atom stereocenters. The molecule has 0 radical (unpaired) electrons. The highest BCUT2D eigenvalue weighted by Gasteiger charge is 2.52. The molecule has 5 rings (SSSR count). The van der Waals surface area contributed by atoms with Crippen LogP contribution in [-0.2, 0) is 22.6 Å². The molecule has 1 fully saturated rings. The van der Waals surface area contributed by atoms with Crippen molar-refractivity contribution in [1.29, 1.82) is 0 Å². The highest BCUT2D eigenvalue weighted by Crippen LogP contribution is 2.47. The monoisotopic (exact) mass is 540 g/mol. The highest BCUT2D eigenvalue weighted by molar-refractivity contribution is 7.18. The molecule has 0 bridgehead atoms. The number of ether oxygens (including phenoxy) is 1. The van der Waals surface area contributed by atoms with Crippen LogP contribution in [0.3, 0.4) is 0 Å². The number of thiazole rings is 1. The summed E-state index contributed by atoms with van der Waals surface area (Å²) in [5.41, 5.74) is -0.201. The number of hydrogen-bond donors (Lipinski definition) is 1. The number of hydrogen-bond acceptors (Lipinski definition) is 8. The van der Waals surface area contributed by atoms with Gasteiger partial charge in [0.05, 0.1) is 39.5 Å². The Bertz CT molecular complexity index is 1700. The number of nitrogens with two attached hydrogens (primary N) is 1. The van der Waals surface area contributed by atoms with Crippen LogP contribution >= 0.6 is 22.9 Å². The van der Waals surface area contributed by atoms with Gasteiger partial charge in [-0.2, -0.15) is 4.68 Å². The van der Waals surface area contributed by atoms with Crippen LogP contribution in [0.4, 0.5) is 5.69 Å². The molecule has 2 N–H and O–H groups in total. The van der Waals surface area contributed by atoms with Gasteiger partial charge >= 0.3 is 17.3 Å². The van der Waals surface area contributed by atoms with Crippen LogP contribution in [0.5, 0.6) is 0 Å². The van der Waals surface area contributed by atoms with Crippen LogP contribution in [0.2, 0.25) is 5.02 Å². The van der Waals surface area contributed by atoms with E-state index in [1.54, 1.807) is 37.3 Å². The Balaban J connectivity index is 1.68. The predicted molar refractivity (Wildman–Crippen MR) is 142 cm³/mol. The lowest BCUT2D eigenvalue weighted by Crippen LogP contribution is -2.58.